The van der Waals surface area contributed by atoms with E-state index in [4.69, 9.17) is 4.42 Å². The molecule has 2 heterocycles. The zero-order valence-corrected chi connectivity index (χ0v) is 14.6. The molecule has 0 fully saturated rings. The summed E-state index contributed by atoms with van der Waals surface area (Å²) in [6.07, 6.45) is 1.81. The number of fused-ring (bicyclic) bond motifs is 1. The lowest BCUT2D eigenvalue weighted by Crippen LogP contribution is -2.52. The number of rotatable bonds is 5. The number of carbonyl (C=O) groups is 2. The SMILES string of the molecule is O=C(CCc1ccccc1)NN1C(=O)c2ccccc2NC1c1ccco1. The molecule has 1 unspecified atom stereocenters. The summed E-state index contributed by atoms with van der Waals surface area (Å²) in [5, 5.41) is 4.56. The van der Waals surface area contributed by atoms with E-state index in [1.807, 2.05) is 42.5 Å². The van der Waals surface area contributed by atoms with Gasteiger partial charge in [-0.05, 0) is 36.2 Å². The molecule has 0 aliphatic carbocycles. The number of hydrogen-bond acceptors (Lipinski definition) is 4. The molecule has 6 nitrogen and oxygen atoms in total. The number of benzene rings is 2. The van der Waals surface area contributed by atoms with Crippen LogP contribution in [0.2, 0.25) is 0 Å². The number of furan rings is 1. The number of nitrogens with one attached hydrogen (secondary N) is 2. The van der Waals surface area contributed by atoms with Crippen LogP contribution in [0.3, 0.4) is 0 Å². The van der Waals surface area contributed by atoms with Gasteiger partial charge in [0.25, 0.3) is 5.91 Å². The predicted molar refractivity (Wildman–Crippen MR) is 101 cm³/mol. The van der Waals surface area contributed by atoms with Gasteiger partial charge in [0.05, 0.1) is 11.8 Å². The van der Waals surface area contributed by atoms with Gasteiger partial charge in [-0.25, -0.2) is 5.01 Å². The molecule has 27 heavy (non-hydrogen) atoms. The molecule has 0 saturated heterocycles. The summed E-state index contributed by atoms with van der Waals surface area (Å²) in [6.45, 7) is 0. The second-order valence-corrected chi connectivity index (χ2v) is 6.30. The van der Waals surface area contributed by atoms with Crippen LogP contribution in [0.25, 0.3) is 0 Å². The number of amides is 2. The van der Waals surface area contributed by atoms with Crippen LogP contribution >= 0.6 is 0 Å². The Morgan fingerprint density at radius 1 is 1.04 bits per heavy atom. The summed E-state index contributed by atoms with van der Waals surface area (Å²) in [7, 11) is 0. The van der Waals surface area contributed by atoms with Crippen molar-refractivity contribution in [2.75, 3.05) is 5.32 Å². The number of carbonyl (C=O) groups excluding carboxylic acids is 2. The van der Waals surface area contributed by atoms with Gasteiger partial charge in [0, 0.05) is 12.1 Å². The maximum atomic E-state index is 13.0. The highest BCUT2D eigenvalue weighted by Gasteiger charge is 2.35. The van der Waals surface area contributed by atoms with Crippen molar-refractivity contribution in [2.24, 2.45) is 0 Å². The molecule has 0 radical (unpaired) electrons. The Morgan fingerprint density at radius 3 is 2.59 bits per heavy atom. The first-order valence-corrected chi connectivity index (χ1v) is 8.78. The summed E-state index contributed by atoms with van der Waals surface area (Å²) in [6, 6.07) is 20.5. The van der Waals surface area contributed by atoms with Gasteiger partial charge in [0.15, 0.2) is 6.17 Å². The minimum Gasteiger partial charge on any atom is -0.465 e. The Labute approximate surface area is 156 Å². The highest BCUT2D eigenvalue weighted by Crippen LogP contribution is 2.31. The van der Waals surface area contributed by atoms with Crippen LogP contribution in [-0.4, -0.2) is 16.8 Å². The van der Waals surface area contributed by atoms with Gasteiger partial charge in [-0.1, -0.05) is 42.5 Å². The van der Waals surface area contributed by atoms with Crippen molar-refractivity contribution in [3.05, 3.63) is 89.9 Å². The Hall–Kier alpha value is -3.54. The lowest BCUT2D eigenvalue weighted by Gasteiger charge is -2.36. The molecule has 6 heteroatoms. The van der Waals surface area contributed by atoms with Crippen LogP contribution in [0.4, 0.5) is 5.69 Å². The molecule has 0 saturated carbocycles. The number of anilines is 1. The van der Waals surface area contributed by atoms with Crippen molar-refractivity contribution >= 4 is 17.5 Å². The zero-order chi connectivity index (χ0) is 18.6. The number of para-hydroxylation sites is 1. The Kier molecular flexibility index (Phi) is 4.61. The van der Waals surface area contributed by atoms with Gasteiger partial charge < -0.3 is 9.73 Å². The zero-order valence-electron chi connectivity index (χ0n) is 14.6. The molecule has 136 valence electrons. The Morgan fingerprint density at radius 2 is 1.81 bits per heavy atom. The molecule has 2 aromatic carbocycles. The molecule has 3 aromatic rings. The fraction of sp³-hybridized carbons (Fsp3) is 0.143. The highest BCUT2D eigenvalue weighted by molar-refractivity contribution is 6.02. The van der Waals surface area contributed by atoms with Crippen LogP contribution in [0.1, 0.15) is 34.3 Å². The van der Waals surface area contributed by atoms with Crippen LogP contribution in [0.5, 0.6) is 0 Å². The summed E-state index contributed by atoms with van der Waals surface area (Å²) in [4.78, 5) is 25.5. The average Bonchev–Trinajstić information content (AvgIpc) is 3.24. The van der Waals surface area contributed by atoms with E-state index in [0.29, 0.717) is 23.4 Å². The molecule has 0 bridgehead atoms. The third kappa shape index (κ3) is 3.55. The number of nitrogens with zero attached hydrogens (tertiary/aromatic N) is 1. The van der Waals surface area contributed by atoms with Crippen LogP contribution in [-0.2, 0) is 11.2 Å². The monoisotopic (exact) mass is 361 g/mol. The van der Waals surface area contributed by atoms with Gasteiger partial charge in [-0.3, -0.25) is 15.0 Å². The second-order valence-electron chi connectivity index (χ2n) is 6.30. The molecule has 0 spiro atoms. The van der Waals surface area contributed by atoms with Gasteiger partial charge in [-0.2, -0.15) is 0 Å². The van der Waals surface area contributed by atoms with Gasteiger partial charge >= 0.3 is 0 Å². The van der Waals surface area contributed by atoms with Crippen LogP contribution in [0.15, 0.2) is 77.4 Å². The quantitative estimate of drug-likeness (QED) is 0.729. The normalized spacial score (nSPS) is 15.8. The smallest absolute Gasteiger partial charge is 0.276 e. The van der Waals surface area contributed by atoms with E-state index in [0.717, 1.165) is 5.56 Å². The minimum atomic E-state index is -0.608. The van der Waals surface area contributed by atoms with Gasteiger partial charge in [-0.15, -0.1) is 0 Å². The van der Waals surface area contributed by atoms with Crippen molar-refractivity contribution < 1.29 is 14.0 Å². The van der Waals surface area contributed by atoms with E-state index < -0.39 is 6.17 Å². The second kappa shape index (κ2) is 7.37. The third-order valence-electron chi connectivity index (χ3n) is 4.47. The predicted octanol–water partition coefficient (Wildman–Crippen LogP) is 3.51. The molecule has 1 aliphatic heterocycles. The summed E-state index contributed by atoms with van der Waals surface area (Å²) in [5.41, 5.74) is 5.02. The molecule has 1 aromatic heterocycles. The van der Waals surface area contributed by atoms with Gasteiger partial charge in [0.2, 0.25) is 5.91 Å². The Balaban J connectivity index is 1.53. The number of aryl methyl sites for hydroxylation is 1. The van der Waals surface area contributed by atoms with E-state index in [-0.39, 0.29) is 18.2 Å². The Bertz CT molecular complexity index is 938. The minimum absolute atomic E-state index is 0.232. The molecule has 4 rings (SSSR count). The van der Waals surface area contributed by atoms with E-state index in [1.165, 1.54) is 11.3 Å². The molecule has 2 N–H and O–H groups in total. The van der Waals surface area contributed by atoms with Crippen molar-refractivity contribution in [3.8, 4) is 0 Å². The van der Waals surface area contributed by atoms with E-state index in [1.54, 1.807) is 24.3 Å². The first-order valence-electron chi connectivity index (χ1n) is 8.78. The fourth-order valence-corrected chi connectivity index (χ4v) is 3.11. The maximum absolute atomic E-state index is 13.0. The maximum Gasteiger partial charge on any atom is 0.276 e. The summed E-state index contributed by atoms with van der Waals surface area (Å²) < 4.78 is 5.47. The van der Waals surface area contributed by atoms with Crippen LogP contribution < -0.4 is 10.7 Å². The average molecular weight is 361 g/mol. The first kappa shape index (κ1) is 16.9. The largest absolute Gasteiger partial charge is 0.465 e. The van der Waals surface area contributed by atoms with E-state index >= 15 is 0 Å². The van der Waals surface area contributed by atoms with Crippen molar-refractivity contribution in [2.45, 2.75) is 19.0 Å². The van der Waals surface area contributed by atoms with Crippen molar-refractivity contribution in [1.29, 1.82) is 0 Å². The van der Waals surface area contributed by atoms with Gasteiger partial charge in [0.1, 0.15) is 5.76 Å². The highest BCUT2D eigenvalue weighted by atomic mass is 16.3. The molecular weight excluding hydrogens is 342 g/mol. The standard InChI is InChI=1S/C21H19N3O3/c25-19(13-12-15-7-2-1-3-8-15)23-24-20(18-11-6-14-27-18)22-17-10-5-4-9-16(17)21(24)26/h1-11,14,20,22H,12-13H2,(H,23,25). The molecule has 1 aliphatic rings. The lowest BCUT2D eigenvalue weighted by molar-refractivity contribution is -0.125. The van der Waals surface area contributed by atoms with Crippen molar-refractivity contribution in [3.63, 3.8) is 0 Å². The fourth-order valence-electron chi connectivity index (χ4n) is 3.11. The molecular formula is C21H19N3O3. The topological polar surface area (TPSA) is 74.6 Å². The molecule has 1 atom stereocenters. The first-order chi connectivity index (χ1) is 13.2. The number of hydrogen-bond donors (Lipinski definition) is 2. The lowest BCUT2D eigenvalue weighted by atomic mass is 10.1. The van der Waals surface area contributed by atoms with Crippen LogP contribution in [0, 0.1) is 0 Å². The summed E-state index contributed by atoms with van der Waals surface area (Å²) in [5.74, 6) is 0.0324. The van der Waals surface area contributed by atoms with Crippen molar-refractivity contribution in [1.82, 2.24) is 10.4 Å². The summed E-state index contributed by atoms with van der Waals surface area (Å²) >= 11 is 0. The molecule has 2 amide bonds. The third-order valence-corrected chi connectivity index (χ3v) is 4.47. The van der Waals surface area contributed by atoms with E-state index in [9.17, 15) is 9.59 Å². The number of hydrazine groups is 1. The van der Waals surface area contributed by atoms with E-state index in [2.05, 4.69) is 10.7 Å².